The van der Waals surface area contributed by atoms with Crippen molar-refractivity contribution in [2.45, 2.75) is 25.4 Å². The van der Waals surface area contributed by atoms with Crippen LogP contribution in [0, 0.1) is 5.92 Å². The van der Waals surface area contributed by atoms with E-state index in [2.05, 4.69) is 17.3 Å². The van der Waals surface area contributed by atoms with Crippen LogP contribution in [0.3, 0.4) is 0 Å². The quantitative estimate of drug-likeness (QED) is 0.562. The Morgan fingerprint density at radius 3 is 2.74 bits per heavy atom. The number of likely N-dealkylation sites (N-methyl/N-ethyl adjacent to an activating group) is 1. The number of aliphatic hydroxyl groups excluding tert-OH is 1. The number of hydrogen-bond acceptors (Lipinski definition) is 5. The average molecular weight is 274 g/mol. The number of methoxy groups -OCH3 is 1. The molecule has 0 amide bonds. The minimum atomic E-state index is -0.408. The number of aliphatic hydroxyl groups is 1. The minimum absolute atomic E-state index is 0.390. The van der Waals surface area contributed by atoms with E-state index in [4.69, 9.17) is 9.47 Å². The maximum Gasteiger partial charge on any atom is 0.0900 e. The zero-order valence-corrected chi connectivity index (χ0v) is 12.4. The molecule has 5 nitrogen and oxygen atoms in total. The zero-order valence-electron chi connectivity index (χ0n) is 12.4. The molecule has 114 valence electrons. The number of nitrogens with one attached hydrogen (secondary N) is 1. The Labute approximate surface area is 117 Å². The monoisotopic (exact) mass is 274 g/mol. The lowest BCUT2D eigenvalue weighted by Gasteiger charge is -2.26. The molecule has 1 unspecified atom stereocenters. The van der Waals surface area contributed by atoms with Gasteiger partial charge in [-0.3, -0.25) is 0 Å². The summed E-state index contributed by atoms with van der Waals surface area (Å²) in [7, 11) is 3.72. The number of ether oxygens (including phenoxy) is 2. The van der Waals surface area contributed by atoms with Gasteiger partial charge in [0, 0.05) is 13.7 Å². The Balaban J connectivity index is 2.00. The molecule has 1 heterocycles. The standard InChI is InChI=1S/C14H30N2O3/c1-16(8-5-13-3-6-15-7-4-13)11-14(17)12-19-10-9-18-2/h13-15,17H,3-12H2,1-2H3. The van der Waals surface area contributed by atoms with E-state index >= 15 is 0 Å². The van der Waals surface area contributed by atoms with Gasteiger partial charge in [0.2, 0.25) is 0 Å². The summed E-state index contributed by atoms with van der Waals surface area (Å²) in [6.07, 6.45) is 3.40. The first-order valence-electron chi connectivity index (χ1n) is 7.36. The van der Waals surface area contributed by atoms with Crippen LogP contribution in [0.2, 0.25) is 0 Å². The maximum absolute atomic E-state index is 9.84. The fourth-order valence-electron chi connectivity index (χ4n) is 2.44. The average Bonchev–Trinajstić information content (AvgIpc) is 2.42. The fourth-order valence-corrected chi connectivity index (χ4v) is 2.44. The van der Waals surface area contributed by atoms with Gasteiger partial charge in [0.05, 0.1) is 25.9 Å². The van der Waals surface area contributed by atoms with Gasteiger partial charge in [0.1, 0.15) is 0 Å². The van der Waals surface area contributed by atoms with Gasteiger partial charge in [0.25, 0.3) is 0 Å². The van der Waals surface area contributed by atoms with E-state index in [0.29, 0.717) is 26.4 Å². The smallest absolute Gasteiger partial charge is 0.0900 e. The lowest BCUT2D eigenvalue weighted by molar-refractivity contribution is 0.00184. The first kappa shape index (κ1) is 16.9. The topological polar surface area (TPSA) is 54.0 Å². The molecule has 0 aromatic carbocycles. The van der Waals surface area contributed by atoms with Crippen molar-refractivity contribution in [3.63, 3.8) is 0 Å². The molecule has 0 aromatic rings. The number of nitrogens with zero attached hydrogens (tertiary/aromatic N) is 1. The molecule has 1 aliphatic heterocycles. The Morgan fingerprint density at radius 1 is 1.32 bits per heavy atom. The predicted molar refractivity (Wildman–Crippen MR) is 76.4 cm³/mol. The lowest BCUT2D eigenvalue weighted by Crippen LogP contribution is -2.35. The van der Waals surface area contributed by atoms with E-state index in [9.17, 15) is 5.11 Å². The lowest BCUT2D eigenvalue weighted by atomic mass is 9.94. The molecule has 0 saturated carbocycles. The summed E-state index contributed by atoms with van der Waals surface area (Å²) in [4.78, 5) is 2.20. The normalized spacial score (nSPS) is 18.9. The van der Waals surface area contributed by atoms with E-state index in [-0.39, 0.29) is 0 Å². The van der Waals surface area contributed by atoms with Gasteiger partial charge in [-0.1, -0.05) is 0 Å². The van der Waals surface area contributed by atoms with Gasteiger partial charge >= 0.3 is 0 Å². The van der Waals surface area contributed by atoms with Gasteiger partial charge in [-0.05, 0) is 51.9 Å². The third kappa shape index (κ3) is 8.55. The number of rotatable bonds is 10. The highest BCUT2D eigenvalue weighted by Gasteiger charge is 2.14. The van der Waals surface area contributed by atoms with Gasteiger partial charge < -0.3 is 24.8 Å². The van der Waals surface area contributed by atoms with Crippen LogP contribution in [0.1, 0.15) is 19.3 Å². The van der Waals surface area contributed by atoms with Crippen LogP contribution in [-0.2, 0) is 9.47 Å². The van der Waals surface area contributed by atoms with Crippen LogP contribution < -0.4 is 5.32 Å². The molecule has 1 aliphatic rings. The van der Waals surface area contributed by atoms with Crippen LogP contribution in [0.5, 0.6) is 0 Å². The number of piperidine rings is 1. The Hall–Kier alpha value is -0.200. The molecular formula is C14H30N2O3. The molecule has 1 rings (SSSR count). The highest BCUT2D eigenvalue weighted by molar-refractivity contribution is 4.70. The third-order valence-electron chi connectivity index (χ3n) is 3.64. The second-order valence-electron chi connectivity index (χ2n) is 5.47. The van der Waals surface area contributed by atoms with E-state index in [1.165, 1.54) is 19.3 Å². The Bertz CT molecular complexity index is 211. The summed E-state index contributed by atoms with van der Waals surface area (Å²) in [5.74, 6) is 0.846. The van der Waals surface area contributed by atoms with Crippen LogP contribution in [-0.4, -0.2) is 76.3 Å². The van der Waals surface area contributed by atoms with Crippen molar-refractivity contribution >= 4 is 0 Å². The zero-order chi connectivity index (χ0) is 13.9. The van der Waals surface area contributed by atoms with Crippen LogP contribution in [0.15, 0.2) is 0 Å². The first-order chi connectivity index (χ1) is 9.22. The van der Waals surface area contributed by atoms with Crippen molar-refractivity contribution in [3.05, 3.63) is 0 Å². The van der Waals surface area contributed by atoms with Gasteiger partial charge in [-0.25, -0.2) is 0 Å². The summed E-state index contributed by atoms with van der Waals surface area (Å²) in [6, 6.07) is 0. The second-order valence-corrected chi connectivity index (χ2v) is 5.47. The van der Waals surface area contributed by atoms with Gasteiger partial charge in [-0.2, -0.15) is 0 Å². The molecule has 0 radical (unpaired) electrons. The summed E-state index contributed by atoms with van der Waals surface area (Å²) in [5, 5.41) is 13.2. The van der Waals surface area contributed by atoms with Crippen molar-refractivity contribution in [3.8, 4) is 0 Å². The van der Waals surface area contributed by atoms with Crippen molar-refractivity contribution in [2.75, 3.05) is 60.2 Å². The Morgan fingerprint density at radius 2 is 2.05 bits per heavy atom. The predicted octanol–water partition coefficient (Wildman–Crippen LogP) is 0.332. The molecule has 0 aromatic heterocycles. The van der Waals surface area contributed by atoms with Crippen molar-refractivity contribution in [1.82, 2.24) is 10.2 Å². The fraction of sp³-hybridized carbons (Fsp3) is 1.00. The van der Waals surface area contributed by atoms with Crippen molar-refractivity contribution < 1.29 is 14.6 Å². The first-order valence-corrected chi connectivity index (χ1v) is 7.36. The largest absolute Gasteiger partial charge is 0.389 e. The summed E-state index contributed by atoms with van der Waals surface area (Å²) in [6.45, 7) is 5.57. The molecule has 19 heavy (non-hydrogen) atoms. The van der Waals surface area contributed by atoms with Crippen LogP contribution in [0.25, 0.3) is 0 Å². The third-order valence-corrected chi connectivity index (χ3v) is 3.64. The molecule has 0 aliphatic carbocycles. The minimum Gasteiger partial charge on any atom is -0.389 e. The van der Waals surface area contributed by atoms with Crippen LogP contribution in [0.4, 0.5) is 0 Å². The second kappa shape index (κ2) is 10.6. The van der Waals surface area contributed by atoms with Crippen molar-refractivity contribution in [1.29, 1.82) is 0 Å². The molecule has 1 atom stereocenters. The molecule has 1 fully saturated rings. The highest BCUT2D eigenvalue weighted by atomic mass is 16.5. The maximum atomic E-state index is 9.84. The molecule has 2 N–H and O–H groups in total. The van der Waals surface area contributed by atoms with Gasteiger partial charge in [-0.15, -0.1) is 0 Å². The van der Waals surface area contributed by atoms with E-state index in [1.54, 1.807) is 7.11 Å². The molecule has 0 bridgehead atoms. The SMILES string of the molecule is COCCOCC(O)CN(C)CCC1CCNCC1. The number of hydrogen-bond donors (Lipinski definition) is 2. The molecule has 1 saturated heterocycles. The summed E-state index contributed by atoms with van der Waals surface area (Å²) < 4.78 is 10.2. The van der Waals surface area contributed by atoms with E-state index < -0.39 is 6.10 Å². The Kier molecular flexibility index (Phi) is 9.38. The molecule has 0 spiro atoms. The summed E-state index contributed by atoms with van der Waals surface area (Å²) >= 11 is 0. The molecule has 5 heteroatoms. The van der Waals surface area contributed by atoms with E-state index in [1.807, 2.05) is 0 Å². The summed E-state index contributed by atoms with van der Waals surface area (Å²) in [5.41, 5.74) is 0. The van der Waals surface area contributed by atoms with E-state index in [0.717, 1.165) is 25.6 Å². The highest BCUT2D eigenvalue weighted by Crippen LogP contribution is 2.15. The van der Waals surface area contributed by atoms with Gasteiger partial charge in [0.15, 0.2) is 0 Å². The molecular weight excluding hydrogens is 244 g/mol. The van der Waals surface area contributed by atoms with Crippen molar-refractivity contribution in [2.24, 2.45) is 5.92 Å². The van der Waals surface area contributed by atoms with Crippen LogP contribution >= 0.6 is 0 Å².